The standard InChI is InChI=1S/C26H39N3O2/c30-25(27-14-6-15-28-16-13-22-7-4-5-10-24(22)20-28)19-21-11-17-29(18-12-21)26(31)23-8-2-1-3-9-23/h4-5,7,10,21,23H,1-3,6,8-9,11-20H2,(H,27,30). The molecule has 1 aromatic carbocycles. The van der Waals surface area contributed by atoms with Crippen molar-refractivity contribution >= 4 is 11.8 Å². The van der Waals surface area contributed by atoms with Gasteiger partial charge in [-0.15, -0.1) is 0 Å². The summed E-state index contributed by atoms with van der Waals surface area (Å²) in [4.78, 5) is 29.6. The summed E-state index contributed by atoms with van der Waals surface area (Å²) in [5.74, 6) is 1.25. The zero-order valence-corrected chi connectivity index (χ0v) is 19.0. The zero-order chi connectivity index (χ0) is 21.5. The second kappa shape index (κ2) is 11.1. The SMILES string of the molecule is O=C(CC1CCN(C(=O)C2CCCCC2)CC1)NCCCN1CCc2ccccc2C1. The monoisotopic (exact) mass is 425 g/mol. The Balaban J connectivity index is 1.08. The smallest absolute Gasteiger partial charge is 0.225 e. The van der Waals surface area contributed by atoms with E-state index in [4.69, 9.17) is 0 Å². The van der Waals surface area contributed by atoms with Crippen LogP contribution in [0.3, 0.4) is 0 Å². The summed E-state index contributed by atoms with van der Waals surface area (Å²) in [5.41, 5.74) is 2.93. The summed E-state index contributed by atoms with van der Waals surface area (Å²) < 4.78 is 0. The van der Waals surface area contributed by atoms with E-state index in [2.05, 4.69) is 39.4 Å². The molecule has 1 N–H and O–H groups in total. The minimum absolute atomic E-state index is 0.182. The first-order valence-corrected chi connectivity index (χ1v) is 12.5. The van der Waals surface area contributed by atoms with Gasteiger partial charge in [0, 0.05) is 51.6 Å². The predicted molar refractivity (Wildman–Crippen MR) is 124 cm³/mol. The molecule has 2 aliphatic heterocycles. The number of benzene rings is 1. The molecule has 0 atom stereocenters. The lowest BCUT2D eigenvalue weighted by Crippen LogP contribution is -2.43. The van der Waals surface area contributed by atoms with Gasteiger partial charge >= 0.3 is 0 Å². The van der Waals surface area contributed by atoms with Crippen LogP contribution in [0.1, 0.15) is 68.9 Å². The number of piperidine rings is 1. The van der Waals surface area contributed by atoms with E-state index in [0.717, 1.165) is 77.8 Å². The van der Waals surface area contributed by atoms with E-state index in [9.17, 15) is 9.59 Å². The fourth-order valence-electron chi connectivity index (χ4n) is 5.58. The Morgan fingerprint density at radius 1 is 0.935 bits per heavy atom. The van der Waals surface area contributed by atoms with Crippen molar-refractivity contribution in [3.8, 4) is 0 Å². The Morgan fingerprint density at radius 3 is 2.45 bits per heavy atom. The van der Waals surface area contributed by atoms with Gasteiger partial charge in [-0.25, -0.2) is 0 Å². The van der Waals surface area contributed by atoms with Gasteiger partial charge in [-0.05, 0) is 55.6 Å². The maximum Gasteiger partial charge on any atom is 0.225 e. The number of rotatable bonds is 7. The molecule has 0 bridgehead atoms. The summed E-state index contributed by atoms with van der Waals surface area (Å²) in [7, 11) is 0. The van der Waals surface area contributed by atoms with Crippen molar-refractivity contribution in [2.24, 2.45) is 11.8 Å². The second-order valence-electron chi connectivity index (χ2n) is 9.81. The number of nitrogens with one attached hydrogen (secondary N) is 1. The summed E-state index contributed by atoms with van der Waals surface area (Å²) in [6.07, 6.45) is 10.5. The molecule has 1 aromatic rings. The topological polar surface area (TPSA) is 52.7 Å². The average Bonchev–Trinajstić information content (AvgIpc) is 2.82. The molecule has 0 aromatic heterocycles. The predicted octanol–water partition coefficient (Wildman–Crippen LogP) is 3.76. The Hall–Kier alpha value is -1.88. The quantitative estimate of drug-likeness (QED) is 0.677. The normalized spacial score (nSPS) is 21.0. The number of carbonyl (C=O) groups is 2. The minimum atomic E-state index is 0.182. The lowest BCUT2D eigenvalue weighted by molar-refractivity contribution is -0.138. The number of hydrogen-bond donors (Lipinski definition) is 1. The van der Waals surface area contributed by atoms with Crippen LogP contribution in [-0.2, 0) is 22.6 Å². The first kappa shape index (κ1) is 22.3. The van der Waals surface area contributed by atoms with Crippen LogP contribution >= 0.6 is 0 Å². The highest BCUT2D eigenvalue weighted by Gasteiger charge is 2.29. The molecule has 2 amide bonds. The number of fused-ring (bicyclic) bond motifs is 1. The third-order valence-corrected chi connectivity index (χ3v) is 7.54. The number of hydrogen-bond acceptors (Lipinski definition) is 3. The number of likely N-dealkylation sites (tertiary alicyclic amines) is 1. The Kier molecular flexibility index (Phi) is 8.01. The van der Waals surface area contributed by atoms with Gasteiger partial charge in [-0.3, -0.25) is 14.5 Å². The maximum absolute atomic E-state index is 12.7. The Morgan fingerprint density at radius 2 is 1.68 bits per heavy atom. The van der Waals surface area contributed by atoms with E-state index < -0.39 is 0 Å². The minimum Gasteiger partial charge on any atom is -0.356 e. The van der Waals surface area contributed by atoms with E-state index in [-0.39, 0.29) is 11.8 Å². The molecule has 5 nitrogen and oxygen atoms in total. The molecule has 5 heteroatoms. The highest BCUT2D eigenvalue weighted by atomic mass is 16.2. The first-order chi connectivity index (χ1) is 15.2. The highest BCUT2D eigenvalue weighted by molar-refractivity contribution is 5.79. The van der Waals surface area contributed by atoms with E-state index in [0.29, 0.717) is 18.2 Å². The molecule has 2 fully saturated rings. The van der Waals surface area contributed by atoms with Gasteiger partial charge < -0.3 is 10.2 Å². The molecule has 31 heavy (non-hydrogen) atoms. The van der Waals surface area contributed by atoms with Crippen molar-refractivity contribution < 1.29 is 9.59 Å². The molecular formula is C26H39N3O2. The second-order valence-corrected chi connectivity index (χ2v) is 9.81. The largest absolute Gasteiger partial charge is 0.356 e. The third kappa shape index (κ3) is 6.31. The molecule has 2 heterocycles. The van der Waals surface area contributed by atoms with Gasteiger partial charge in [0.15, 0.2) is 0 Å². The summed E-state index contributed by atoms with van der Waals surface area (Å²) in [6, 6.07) is 8.72. The van der Waals surface area contributed by atoms with E-state index in [1.165, 1.54) is 30.4 Å². The fourth-order valence-corrected chi connectivity index (χ4v) is 5.58. The van der Waals surface area contributed by atoms with Crippen molar-refractivity contribution in [3.05, 3.63) is 35.4 Å². The van der Waals surface area contributed by atoms with Gasteiger partial charge in [0.05, 0.1) is 0 Å². The zero-order valence-electron chi connectivity index (χ0n) is 19.0. The third-order valence-electron chi connectivity index (χ3n) is 7.54. The first-order valence-electron chi connectivity index (χ1n) is 12.5. The average molecular weight is 426 g/mol. The fraction of sp³-hybridized carbons (Fsp3) is 0.692. The van der Waals surface area contributed by atoms with Crippen molar-refractivity contribution in [3.63, 3.8) is 0 Å². The molecule has 4 rings (SSSR count). The maximum atomic E-state index is 12.7. The van der Waals surface area contributed by atoms with E-state index in [1.807, 2.05) is 0 Å². The van der Waals surface area contributed by atoms with Crippen molar-refractivity contribution in [2.75, 3.05) is 32.7 Å². The van der Waals surface area contributed by atoms with Gasteiger partial charge in [0.1, 0.15) is 0 Å². The van der Waals surface area contributed by atoms with Crippen LogP contribution in [0.15, 0.2) is 24.3 Å². The van der Waals surface area contributed by atoms with Crippen LogP contribution in [0.4, 0.5) is 0 Å². The van der Waals surface area contributed by atoms with Crippen LogP contribution in [0, 0.1) is 11.8 Å². The lowest BCUT2D eigenvalue weighted by atomic mass is 9.87. The van der Waals surface area contributed by atoms with Crippen molar-refractivity contribution in [1.29, 1.82) is 0 Å². The Labute approximate surface area is 187 Å². The molecule has 1 saturated carbocycles. The van der Waals surface area contributed by atoms with Crippen LogP contribution in [-0.4, -0.2) is 54.3 Å². The number of amides is 2. The molecule has 3 aliphatic rings. The van der Waals surface area contributed by atoms with Crippen LogP contribution in [0.2, 0.25) is 0 Å². The highest BCUT2D eigenvalue weighted by Crippen LogP contribution is 2.28. The molecule has 0 unspecified atom stereocenters. The molecule has 0 radical (unpaired) electrons. The molecule has 0 spiro atoms. The van der Waals surface area contributed by atoms with E-state index in [1.54, 1.807) is 0 Å². The van der Waals surface area contributed by atoms with Crippen LogP contribution < -0.4 is 5.32 Å². The van der Waals surface area contributed by atoms with E-state index >= 15 is 0 Å². The van der Waals surface area contributed by atoms with Crippen LogP contribution in [0.5, 0.6) is 0 Å². The van der Waals surface area contributed by atoms with Gasteiger partial charge in [-0.1, -0.05) is 43.5 Å². The molecule has 1 saturated heterocycles. The summed E-state index contributed by atoms with van der Waals surface area (Å²) in [6.45, 7) is 5.62. The number of carbonyl (C=O) groups excluding carboxylic acids is 2. The Bertz CT molecular complexity index is 736. The van der Waals surface area contributed by atoms with Crippen molar-refractivity contribution in [2.45, 2.75) is 70.8 Å². The molecule has 170 valence electrons. The molecular weight excluding hydrogens is 386 g/mol. The van der Waals surface area contributed by atoms with Gasteiger partial charge in [-0.2, -0.15) is 0 Å². The van der Waals surface area contributed by atoms with Crippen molar-refractivity contribution in [1.82, 2.24) is 15.1 Å². The van der Waals surface area contributed by atoms with Gasteiger partial charge in [0.25, 0.3) is 0 Å². The van der Waals surface area contributed by atoms with Gasteiger partial charge in [0.2, 0.25) is 11.8 Å². The summed E-state index contributed by atoms with van der Waals surface area (Å²) >= 11 is 0. The molecule has 1 aliphatic carbocycles. The van der Waals surface area contributed by atoms with Crippen LogP contribution in [0.25, 0.3) is 0 Å². The summed E-state index contributed by atoms with van der Waals surface area (Å²) in [5, 5.41) is 3.13. The lowest BCUT2D eigenvalue weighted by Gasteiger charge is -2.35. The number of nitrogens with zero attached hydrogens (tertiary/aromatic N) is 2.